The second kappa shape index (κ2) is 7.55. The number of nitrogens with one attached hydrogen (secondary N) is 1. The van der Waals surface area contributed by atoms with Crippen molar-refractivity contribution in [3.8, 4) is 0 Å². The maximum atomic E-state index is 5.83. The van der Waals surface area contributed by atoms with E-state index in [9.17, 15) is 0 Å². The predicted molar refractivity (Wildman–Crippen MR) is 86.4 cm³/mol. The molecule has 0 bridgehead atoms. The van der Waals surface area contributed by atoms with Crippen LogP contribution in [0.15, 0.2) is 6.07 Å². The maximum absolute atomic E-state index is 5.83. The zero-order valence-electron chi connectivity index (χ0n) is 12.1. The number of hydrogen-bond acceptors (Lipinski definition) is 4. The summed E-state index contributed by atoms with van der Waals surface area (Å²) in [5, 5.41) is 3.37. The summed E-state index contributed by atoms with van der Waals surface area (Å²) in [6.07, 6.45) is 6.69. The highest BCUT2D eigenvalue weighted by molar-refractivity contribution is 7.80. The number of unbranched alkanes of at least 4 members (excludes halogenated alkanes) is 1. The van der Waals surface area contributed by atoms with Crippen LogP contribution in [0.2, 0.25) is 0 Å². The molecule has 110 valence electrons. The first-order valence-corrected chi connectivity index (χ1v) is 7.68. The number of nitrogens with two attached hydrogens (primary N) is 1. The minimum Gasteiger partial charge on any atom is -0.389 e. The highest BCUT2D eigenvalue weighted by atomic mass is 32.1. The van der Waals surface area contributed by atoms with Crippen molar-refractivity contribution in [1.82, 2.24) is 4.98 Å². The monoisotopic (exact) mass is 293 g/mol. The molecular formula is C15H23N3OS. The average molecular weight is 293 g/mol. The van der Waals surface area contributed by atoms with Crippen molar-refractivity contribution in [2.24, 2.45) is 5.73 Å². The van der Waals surface area contributed by atoms with E-state index in [1.54, 1.807) is 7.11 Å². The van der Waals surface area contributed by atoms with Gasteiger partial charge in [-0.05, 0) is 50.2 Å². The summed E-state index contributed by atoms with van der Waals surface area (Å²) in [4.78, 5) is 5.16. The van der Waals surface area contributed by atoms with Crippen LogP contribution in [-0.2, 0) is 17.6 Å². The molecule has 0 amide bonds. The summed E-state index contributed by atoms with van der Waals surface area (Å²) >= 11 is 5.15. The summed E-state index contributed by atoms with van der Waals surface area (Å²) in [5.41, 5.74) is 9.23. The van der Waals surface area contributed by atoms with Gasteiger partial charge in [-0.15, -0.1) is 0 Å². The molecule has 0 saturated carbocycles. The smallest absolute Gasteiger partial charge is 0.136 e. The number of nitrogens with zero attached hydrogens (tertiary/aromatic N) is 1. The van der Waals surface area contributed by atoms with Gasteiger partial charge in [0.2, 0.25) is 0 Å². The van der Waals surface area contributed by atoms with Crippen molar-refractivity contribution >= 4 is 23.0 Å². The third kappa shape index (κ3) is 3.90. The number of aromatic nitrogens is 1. The first-order chi connectivity index (χ1) is 9.72. The van der Waals surface area contributed by atoms with Gasteiger partial charge in [0.05, 0.1) is 5.56 Å². The van der Waals surface area contributed by atoms with Gasteiger partial charge in [-0.3, -0.25) is 0 Å². The Morgan fingerprint density at radius 1 is 1.40 bits per heavy atom. The fraction of sp³-hybridized carbons (Fsp3) is 0.600. The molecule has 0 aliphatic heterocycles. The van der Waals surface area contributed by atoms with Gasteiger partial charge in [0.1, 0.15) is 10.8 Å². The van der Waals surface area contributed by atoms with Crippen LogP contribution in [0.3, 0.4) is 0 Å². The van der Waals surface area contributed by atoms with E-state index in [2.05, 4.69) is 11.4 Å². The number of aryl methyl sites for hydroxylation is 2. The highest BCUT2D eigenvalue weighted by Gasteiger charge is 2.16. The third-order valence-electron chi connectivity index (χ3n) is 3.63. The van der Waals surface area contributed by atoms with E-state index >= 15 is 0 Å². The lowest BCUT2D eigenvalue weighted by Gasteiger charge is -2.19. The van der Waals surface area contributed by atoms with Crippen LogP contribution >= 0.6 is 12.2 Å². The van der Waals surface area contributed by atoms with E-state index in [4.69, 9.17) is 27.7 Å². The van der Waals surface area contributed by atoms with Gasteiger partial charge in [-0.1, -0.05) is 12.2 Å². The molecule has 0 aromatic carbocycles. The van der Waals surface area contributed by atoms with Gasteiger partial charge in [-0.2, -0.15) is 0 Å². The maximum Gasteiger partial charge on any atom is 0.136 e. The minimum absolute atomic E-state index is 0.422. The van der Waals surface area contributed by atoms with E-state index in [-0.39, 0.29) is 0 Å². The number of thiocarbonyl (C=S) groups is 1. The van der Waals surface area contributed by atoms with Crippen LogP contribution in [0.1, 0.15) is 42.5 Å². The number of pyridine rings is 1. The lowest BCUT2D eigenvalue weighted by Crippen LogP contribution is -2.18. The molecule has 20 heavy (non-hydrogen) atoms. The van der Waals surface area contributed by atoms with Crippen LogP contribution in [-0.4, -0.2) is 30.2 Å². The summed E-state index contributed by atoms with van der Waals surface area (Å²) in [6.45, 7) is 1.66. The molecular weight excluding hydrogens is 270 g/mol. The van der Waals surface area contributed by atoms with E-state index in [1.807, 2.05) is 0 Å². The van der Waals surface area contributed by atoms with Gasteiger partial charge in [0, 0.05) is 26.0 Å². The molecule has 2 rings (SSSR count). The Bertz CT molecular complexity index is 476. The molecule has 4 nitrogen and oxygen atoms in total. The van der Waals surface area contributed by atoms with Gasteiger partial charge in [0.25, 0.3) is 0 Å². The van der Waals surface area contributed by atoms with E-state index in [1.165, 1.54) is 24.1 Å². The van der Waals surface area contributed by atoms with Crippen LogP contribution in [0, 0.1) is 0 Å². The number of hydrogen-bond donors (Lipinski definition) is 2. The first kappa shape index (κ1) is 15.2. The van der Waals surface area contributed by atoms with Gasteiger partial charge >= 0.3 is 0 Å². The fourth-order valence-electron chi connectivity index (χ4n) is 2.53. The predicted octanol–water partition coefficient (Wildman–Crippen LogP) is 2.43. The van der Waals surface area contributed by atoms with Gasteiger partial charge in [0.15, 0.2) is 0 Å². The molecule has 0 saturated heterocycles. The quantitative estimate of drug-likeness (QED) is 0.597. The zero-order valence-corrected chi connectivity index (χ0v) is 12.9. The Kier molecular flexibility index (Phi) is 5.73. The van der Waals surface area contributed by atoms with Gasteiger partial charge in [-0.25, -0.2) is 4.98 Å². The molecule has 1 aromatic heterocycles. The Balaban J connectivity index is 2.07. The molecule has 0 spiro atoms. The molecule has 1 aliphatic carbocycles. The molecule has 1 aliphatic rings. The van der Waals surface area contributed by atoms with Gasteiger partial charge < -0.3 is 15.8 Å². The largest absolute Gasteiger partial charge is 0.389 e. The minimum atomic E-state index is 0.422. The molecule has 0 atom stereocenters. The van der Waals surface area contributed by atoms with Crippen molar-refractivity contribution in [2.45, 2.75) is 38.5 Å². The van der Waals surface area contributed by atoms with Crippen molar-refractivity contribution in [3.63, 3.8) is 0 Å². The van der Waals surface area contributed by atoms with Crippen molar-refractivity contribution in [1.29, 1.82) is 0 Å². The second-order valence-electron chi connectivity index (χ2n) is 5.19. The van der Waals surface area contributed by atoms with E-state index in [0.717, 1.165) is 50.2 Å². The normalized spacial score (nSPS) is 13.8. The third-order valence-corrected chi connectivity index (χ3v) is 3.85. The highest BCUT2D eigenvalue weighted by Crippen LogP contribution is 2.24. The molecule has 0 fully saturated rings. The summed E-state index contributed by atoms with van der Waals surface area (Å²) in [5.74, 6) is 0.843. The first-order valence-electron chi connectivity index (χ1n) is 7.27. The lowest BCUT2D eigenvalue weighted by molar-refractivity contribution is 0.194. The number of methoxy groups -OCH3 is 1. The van der Waals surface area contributed by atoms with Crippen LogP contribution in [0.5, 0.6) is 0 Å². The zero-order chi connectivity index (χ0) is 14.4. The van der Waals surface area contributed by atoms with E-state index in [0.29, 0.717) is 4.99 Å². The molecule has 0 unspecified atom stereocenters. The topological polar surface area (TPSA) is 60.2 Å². The number of fused-ring (bicyclic) bond motifs is 1. The van der Waals surface area contributed by atoms with Crippen LogP contribution in [0.25, 0.3) is 0 Å². The number of anilines is 1. The van der Waals surface area contributed by atoms with Crippen LogP contribution in [0.4, 0.5) is 5.82 Å². The second-order valence-corrected chi connectivity index (χ2v) is 5.63. The fourth-order valence-corrected chi connectivity index (χ4v) is 2.69. The summed E-state index contributed by atoms with van der Waals surface area (Å²) in [6, 6.07) is 2.13. The SMILES string of the molecule is COCCCCNc1nc2c(cc1C(N)=S)CCCC2. The Morgan fingerprint density at radius 3 is 2.95 bits per heavy atom. The van der Waals surface area contributed by atoms with Crippen molar-refractivity contribution in [3.05, 3.63) is 22.9 Å². The summed E-state index contributed by atoms with van der Waals surface area (Å²) in [7, 11) is 1.73. The molecule has 1 aromatic rings. The number of ether oxygens (including phenoxy) is 1. The Morgan fingerprint density at radius 2 is 2.20 bits per heavy atom. The molecule has 1 heterocycles. The molecule has 0 radical (unpaired) electrons. The van der Waals surface area contributed by atoms with Crippen LogP contribution < -0.4 is 11.1 Å². The molecule has 3 N–H and O–H groups in total. The number of rotatable bonds is 7. The average Bonchev–Trinajstić information content (AvgIpc) is 2.46. The van der Waals surface area contributed by atoms with Crippen molar-refractivity contribution < 1.29 is 4.74 Å². The summed E-state index contributed by atoms with van der Waals surface area (Å²) < 4.78 is 5.05. The standard InChI is InChI=1S/C15H23N3OS/c1-19-9-5-4-8-17-15-12(14(16)20)10-11-6-2-3-7-13(11)18-15/h10H,2-9H2,1H3,(H2,16,20)(H,17,18). The van der Waals surface area contributed by atoms with E-state index < -0.39 is 0 Å². The molecule has 5 heteroatoms. The van der Waals surface area contributed by atoms with Crippen molar-refractivity contribution in [2.75, 3.05) is 25.6 Å². The Labute approximate surface area is 126 Å². The Hall–Kier alpha value is -1.20. The lowest BCUT2D eigenvalue weighted by atomic mass is 9.94.